The Morgan fingerprint density at radius 3 is 2.76 bits per heavy atom. The molecule has 1 saturated carbocycles. The molecule has 0 spiro atoms. The molecule has 0 unspecified atom stereocenters. The lowest BCUT2D eigenvalue weighted by atomic mass is 9.61. The van der Waals surface area contributed by atoms with E-state index in [0.29, 0.717) is 18.5 Å². The van der Waals surface area contributed by atoms with Crippen LogP contribution in [0.3, 0.4) is 0 Å². The first-order valence-corrected chi connectivity index (χ1v) is 11.5. The number of morpholine rings is 1. The maximum absolute atomic E-state index is 13.6. The Hall–Kier alpha value is -1.43. The van der Waals surface area contributed by atoms with E-state index >= 15 is 0 Å². The second-order valence-electron chi connectivity index (χ2n) is 9.20. The van der Waals surface area contributed by atoms with Gasteiger partial charge in [-0.2, -0.15) is 0 Å². The number of nitrogens with one attached hydrogen (secondary N) is 1. The molecule has 1 aromatic rings. The second kappa shape index (κ2) is 9.15. The third-order valence-corrected chi connectivity index (χ3v) is 7.72. The Labute approximate surface area is 175 Å². The van der Waals surface area contributed by atoms with Crippen molar-refractivity contribution in [3.05, 3.63) is 35.4 Å². The van der Waals surface area contributed by atoms with Crippen molar-refractivity contribution in [3.8, 4) is 0 Å². The van der Waals surface area contributed by atoms with Crippen molar-refractivity contribution in [2.45, 2.75) is 52.1 Å². The maximum Gasteiger partial charge on any atom is 0.228 e. The highest BCUT2D eigenvalue weighted by Gasteiger charge is 2.52. The summed E-state index contributed by atoms with van der Waals surface area (Å²) in [5.41, 5.74) is 2.25. The highest BCUT2D eigenvalue weighted by atomic mass is 16.5. The van der Waals surface area contributed by atoms with Gasteiger partial charge in [0.15, 0.2) is 0 Å². The molecule has 0 bridgehead atoms. The van der Waals surface area contributed by atoms with Crippen LogP contribution in [-0.4, -0.2) is 67.7 Å². The number of carbonyl (C=O) groups excluding carboxylic acids is 1. The van der Waals surface area contributed by atoms with E-state index < -0.39 is 0 Å². The van der Waals surface area contributed by atoms with Crippen LogP contribution >= 0.6 is 0 Å². The number of rotatable bonds is 5. The monoisotopic (exact) mass is 399 g/mol. The number of likely N-dealkylation sites (tertiary alicyclic amines) is 1. The van der Waals surface area contributed by atoms with Crippen molar-refractivity contribution >= 4 is 5.91 Å². The van der Waals surface area contributed by atoms with Crippen molar-refractivity contribution in [2.75, 3.05) is 45.9 Å². The smallest absolute Gasteiger partial charge is 0.228 e. The van der Waals surface area contributed by atoms with Crippen LogP contribution in [0, 0.1) is 18.3 Å². The number of piperidine rings is 1. The number of benzene rings is 1. The summed E-state index contributed by atoms with van der Waals surface area (Å²) in [6.07, 6.45) is 4.45. The molecule has 4 rings (SSSR count). The minimum Gasteiger partial charge on any atom is -0.379 e. The lowest BCUT2D eigenvalue weighted by Crippen LogP contribution is -2.60. The van der Waals surface area contributed by atoms with Gasteiger partial charge in [0.2, 0.25) is 5.91 Å². The van der Waals surface area contributed by atoms with Gasteiger partial charge >= 0.3 is 0 Å². The summed E-state index contributed by atoms with van der Waals surface area (Å²) in [6.45, 7) is 11.9. The molecule has 0 radical (unpaired) electrons. The number of nitrogens with zero attached hydrogens (tertiary/aromatic N) is 2. The van der Waals surface area contributed by atoms with Gasteiger partial charge < -0.3 is 15.0 Å². The minimum absolute atomic E-state index is 0.222. The Kier molecular flexibility index (Phi) is 6.57. The van der Waals surface area contributed by atoms with E-state index in [-0.39, 0.29) is 11.3 Å². The molecule has 3 fully saturated rings. The van der Waals surface area contributed by atoms with E-state index in [9.17, 15) is 4.79 Å². The first kappa shape index (κ1) is 20.8. The fourth-order valence-electron chi connectivity index (χ4n) is 5.79. The summed E-state index contributed by atoms with van der Waals surface area (Å²) in [4.78, 5) is 18.7. The van der Waals surface area contributed by atoms with Crippen LogP contribution in [0.2, 0.25) is 0 Å². The molecule has 0 aromatic heterocycles. The molecule has 160 valence electrons. The molecule has 29 heavy (non-hydrogen) atoms. The standard InChI is InChI=1S/C24H37N3O2/c1-3-26-11-9-21-16-22(27-12-14-29-15-13-27)8-10-24(21,18-26)23(28)25-17-20-7-5-4-6-19(20)2/h4-7,21-22H,3,8-18H2,1-2H3,(H,25,28)/t21-,22+,24-/m1/s1. The quantitative estimate of drug-likeness (QED) is 0.827. The van der Waals surface area contributed by atoms with Crippen LogP contribution in [0.1, 0.15) is 43.7 Å². The molecular weight excluding hydrogens is 362 g/mol. The molecule has 1 aliphatic carbocycles. The Bertz CT molecular complexity index is 703. The van der Waals surface area contributed by atoms with Crippen LogP contribution in [0.25, 0.3) is 0 Å². The SMILES string of the molecule is CCN1CC[C@@H]2C[C@@H](N3CCOCC3)CC[C@@]2(C(=O)NCc2ccccc2C)C1. The number of aryl methyl sites for hydroxylation is 1. The molecule has 5 heteroatoms. The summed E-state index contributed by atoms with van der Waals surface area (Å²) in [5, 5.41) is 3.34. The van der Waals surface area contributed by atoms with Crippen LogP contribution in [0.4, 0.5) is 0 Å². The lowest BCUT2D eigenvalue weighted by molar-refractivity contribution is -0.145. The zero-order valence-corrected chi connectivity index (χ0v) is 18.2. The molecule has 2 heterocycles. The number of fused-ring (bicyclic) bond motifs is 1. The van der Waals surface area contributed by atoms with Crippen LogP contribution < -0.4 is 5.32 Å². The predicted octanol–water partition coefficient (Wildman–Crippen LogP) is 2.82. The van der Waals surface area contributed by atoms with Gasteiger partial charge in [0, 0.05) is 32.2 Å². The van der Waals surface area contributed by atoms with Crippen molar-refractivity contribution in [1.29, 1.82) is 0 Å². The highest BCUT2D eigenvalue weighted by molar-refractivity contribution is 5.83. The topological polar surface area (TPSA) is 44.8 Å². The van der Waals surface area contributed by atoms with Gasteiger partial charge in [0.05, 0.1) is 18.6 Å². The number of hydrogen-bond acceptors (Lipinski definition) is 4. The largest absolute Gasteiger partial charge is 0.379 e. The maximum atomic E-state index is 13.6. The van der Waals surface area contributed by atoms with Gasteiger partial charge in [-0.15, -0.1) is 0 Å². The summed E-state index contributed by atoms with van der Waals surface area (Å²) in [7, 11) is 0. The number of carbonyl (C=O) groups is 1. The molecule has 3 atom stereocenters. The Morgan fingerprint density at radius 2 is 2.00 bits per heavy atom. The van der Waals surface area contributed by atoms with Crippen molar-refractivity contribution in [2.24, 2.45) is 11.3 Å². The summed E-state index contributed by atoms with van der Waals surface area (Å²) in [6, 6.07) is 8.98. The number of ether oxygens (including phenoxy) is 1. The normalized spacial score (nSPS) is 31.2. The molecule has 2 saturated heterocycles. The first-order valence-electron chi connectivity index (χ1n) is 11.5. The van der Waals surface area contributed by atoms with E-state index in [1.54, 1.807) is 0 Å². The van der Waals surface area contributed by atoms with Crippen LogP contribution in [0.5, 0.6) is 0 Å². The molecule has 1 N–H and O–H groups in total. The molecule has 1 amide bonds. The van der Waals surface area contributed by atoms with E-state index in [1.807, 2.05) is 0 Å². The third-order valence-electron chi connectivity index (χ3n) is 7.72. The molecule has 2 aliphatic heterocycles. The second-order valence-corrected chi connectivity index (χ2v) is 9.20. The minimum atomic E-state index is -0.222. The summed E-state index contributed by atoms with van der Waals surface area (Å²) >= 11 is 0. The summed E-state index contributed by atoms with van der Waals surface area (Å²) < 4.78 is 5.55. The van der Waals surface area contributed by atoms with E-state index in [4.69, 9.17) is 4.74 Å². The van der Waals surface area contributed by atoms with Crippen LogP contribution in [0.15, 0.2) is 24.3 Å². The van der Waals surface area contributed by atoms with Gasteiger partial charge in [-0.3, -0.25) is 9.69 Å². The predicted molar refractivity (Wildman–Crippen MR) is 116 cm³/mol. The van der Waals surface area contributed by atoms with Crippen molar-refractivity contribution < 1.29 is 9.53 Å². The van der Waals surface area contributed by atoms with E-state index in [1.165, 1.54) is 11.1 Å². The van der Waals surface area contributed by atoms with Gasteiger partial charge in [0.1, 0.15) is 0 Å². The molecule has 5 nitrogen and oxygen atoms in total. The molecular formula is C24H37N3O2. The molecule has 3 aliphatic rings. The number of hydrogen-bond donors (Lipinski definition) is 1. The number of amides is 1. The van der Waals surface area contributed by atoms with E-state index in [2.05, 4.69) is 53.2 Å². The van der Waals surface area contributed by atoms with Crippen molar-refractivity contribution in [3.63, 3.8) is 0 Å². The third kappa shape index (κ3) is 4.37. The van der Waals surface area contributed by atoms with E-state index in [0.717, 1.165) is 71.6 Å². The fraction of sp³-hybridized carbons (Fsp3) is 0.708. The van der Waals surface area contributed by atoms with Crippen molar-refractivity contribution in [1.82, 2.24) is 15.1 Å². The van der Waals surface area contributed by atoms with Gasteiger partial charge in [-0.25, -0.2) is 0 Å². The van der Waals surface area contributed by atoms with Gasteiger partial charge in [-0.05, 0) is 62.7 Å². The van der Waals surface area contributed by atoms with Gasteiger partial charge in [-0.1, -0.05) is 31.2 Å². The average Bonchev–Trinajstić information content (AvgIpc) is 2.78. The Balaban J connectivity index is 1.47. The lowest BCUT2D eigenvalue weighted by Gasteiger charge is -2.53. The van der Waals surface area contributed by atoms with Gasteiger partial charge in [0.25, 0.3) is 0 Å². The van der Waals surface area contributed by atoms with Crippen LogP contribution in [-0.2, 0) is 16.1 Å². The fourth-order valence-corrected chi connectivity index (χ4v) is 5.79. The zero-order chi connectivity index (χ0) is 20.3. The first-order chi connectivity index (χ1) is 14.1. The molecule has 1 aromatic carbocycles. The zero-order valence-electron chi connectivity index (χ0n) is 18.2. The average molecular weight is 400 g/mol. The highest BCUT2D eigenvalue weighted by Crippen LogP contribution is 2.47. The summed E-state index contributed by atoms with van der Waals surface area (Å²) in [5.74, 6) is 0.771. The Morgan fingerprint density at radius 1 is 1.21 bits per heavy atom.